The SMILES string of the molecule is Cn1c(-c2ccsc2)n[nH]c1=S.Cn1c(-c2ccsc2)n[nH]c1=S. The van der Waals surface area contributed by atoms with Crippen LogP contribution in [0.4, 0.5) is 0 Å². The molecule has 0 amide bonds. The van der Waals surface area contributed by atoms with Crippen molar-refractivity contribution in [2.75, 3.05) is 0 Å². The summed E-state index contributed by atoms with van der Waals surface area (Å²) in [5, 5.41) is 21.8. The molecule has 0 aliphatic heterocycles. The molecule has 24 heavy (non-hydrogen) atoms. The summed E-state index contributed by atoms with van der Waals surface area (Å²) in [7, 11) is 3.80. The highest BCUT2D eigenvalue weighted by Gasteiger charge is 2.05. The van der Waals surface area contributed by atoms with Gasteiger partial charge in [0.15, 0.2) is 21.2 Å². The Kier molecular flexibility index (Phi) is 5.19. The number of nitrogens with zero attached hydrogens (tertiary/aromatic N) is 4. The average Bonchev–Trinajstić information content (AvgIpc) is 3.34. The van der Waals surface area contributed by atoms with Crippen LogP contribution in [-0.4, -0.2) is 29.5 Å². The maximum Gasteiger partial charge on any atom is 0.195 e. The highest BCUT2D eigenvalue weighted by molar-refractivity contribution is 7.71. The van der Waals surface area contributed by atoms with Gasteiger partial charge in [-0.15, -0.1) is 0 Å². The number of rotatable bonds is 2. The molecule has 4 aromatic heterocycles. The number of hydrogen-bond donors (Lipinski definition) is 2. The minimum absolute atomic E-state index is 0.649. The van der Waals surface area contributed by atoms with E-state index < -0.39 is 0 Å². The monoisotopic (exact) mass is 394 g/mol. The Morgan fingerprint density at radius 1 is 0.833 bits per heavy atom. The quantitative estimate of drug-likeness (QED) is 0.494. The van der Waals surface area contributed by atoms with Gasteiger partial charge in [-0.2, -0.15) is 32.9 Å². The Morgan fingerprint density at radius 3 is 1.50 bits per heavy atom. The van der Waals surface area contributed by atoms with Crippen LogP contribution in [0.15, 0.2) is 33.7 Å². The van der Waals surface area contributed by atoms with Gasteiger partial charge in [0.05, 0.1) is 0 Å². The van der Waals surface area contributed by atoms with E-state index in [1.807, 2.05) is 56.9 Å². The molecule has 0 saturated heterocycles. The lowest BCUT2D eigenvalue weighted by Crippen LogP contribution is -1.90. The van der Waals surface area contributed by atoms with Gasteiger partial charge < -0.3 is 9.13 Å². The van der Waals surface area contributed by atoms with Crippen LogP contribution >= 0.6 is 47.1 Å². The Bertz CT molecular complexity index is 932. The minimum Gasteiger partial charge on any atom is -0.303 e. The fourth-order valence-corrected chi connectivity index (χ4v) is 3.53. The number of thiophene rings is 2. The Morgan fingerprint density at radius 2 is 1.25 bits per heavy atom. The summed E-state index contributed by atoms with van der Waals surface area (Å²) in [6.07, 6.45) is 0. The van der Waals surface area contributed by atoms with E-state index in [-0.39, 0.29) is 0 Å². The second kappa shape index (κ2) is 7.34. The standard InChI is InChI=1S/2C7H7N3S2/c2*1-10-6(8-9-7(10)11)5-2-3-12-4-5/h2*2-4H,1H3,(H,9,11). The number of H-pyrrole nitrogens is 2. The lowest BCUT2D eigenvalue weighted by molar-refractivity contribution is 0.902. The van der Waals surface area contributed by atoms with Gasteiger partial charge in [0.1, 0.15) is 0 Å². The third-order valence-electron chi connectivity index (χ3n) is 3.32. The van der Waals surface area contributed by atoms with E-state index in [0.29, 0.717) is 9.54 Å². The predicted molar refractivity (Wildman–Crippen MR) is 103 cm³/mol. The van der Waals surface area contributed by atoms with Crippen molar-refractivity contribution < 1.29 is 0 Å². The van der Waals surface area contributed by atoms with Gasteiger partial charge in [-0.3, -0.25) is 10.2 Å². The summed E-state index contributed by atoms with van der Waals surface area (Å²) in [6, 6.07) is 4.05. The molecule has 0 radical (unpaired) electrons. The lowest BCUT2D eigenvalue weighted by atomic mass is 10.3. The van der Waals surface area contributed by atoms with E-state index in [4.69, 9.17) is 24.4 Å². The third kappa shape index (κ3) is 3.46. The minimum atomic E-state index is 0.649. The maximum atomic E-state index is 5.00. The first kappa shape index (κ1) is 17.0. The van der Waals surface area contributed by atoms with E-state index >= 15 is 0 Å². The van der Waals surface area contributed by atoms with Gasteiger partial charge in [0.25, 0.3) is 0 Å². The van der Waals surface area contributed by atoms with Gasteiger partial charge >= 0.3 is 0 Å². The highest BCUT2D eigenvalue weighted by Crippen LogP contribution is 2.19. The lowest BCUT2D eigenvalue weighted by Gasteiger charge is -1.94. The summed E-state index contributed by atoms with van der Waals surface area (Å²) >= 11 is 13.3. The van der Waals surface area contributed by atoms with Crippen molar-refractivity contribution in [2.45, 2.75) is 0 Å². The third-order valence-corrected chi connectivity index (χ3v) is 5.42. The number of nitrogens with one attached hydrogen (secondary N) is 2. The molecule has 6 nitrogen and oxygen atoms in total. The molecule has 0 aliphatic rings. The fourth-order valence-electron chi connectivity index (χ4n) is 1.99. The molecular formula is C14H14N6S4. The molecule has 124 valence electrons. The molecule has 10 heteroatoms. The van der Waals surface area contributed by atoms with Crippen LogP contribution in [-0.2, 0) is 14.1 Å². The van der Waals surface area contributed by atoms with Gasteiger partial charge in [0.2, 0.25) is 0 Å². The highest BCUT2D eigenvalue weighted by atomic mass is 32.1. The summed E-state index contributed by atoms with van der Waals surface area (Å²) in [4.78, 5) is 0. The molecule has 0 atom stereocenters. The smallest absolute Gasteiger partial charge is 0.195 e. The molecule has 0 fully saturated rings. The van der Waals surface area contributed by atoms with Gasteiger partial charge in [0, 0.05) is 36.0 Å². The summed E-state index contributed by atoms with van der Waals surface area (Å²) in [6.45, 7) is 0. The van der Waals surface area contributed by atoms with Gasteiger partial charge in [-0.1, -0.05) is 0 Å². The average molecular weight is 395 g/mol. The van der Waals surface area contributed by atoms with Crippen molar-refractivity contribution in [3.05, 3.63) is 43.2 Å². The Hall–Kier alpha value is -1.88. The number of hydrogen-bond acceptors (Lipinski definition) is 6. The fraction of sp³-hybridized carbons (Fsp3) is 0.143. The first-order chi connectivity index (χ1) is 11.6. The molecule has 0 unspecified atom stereocenters. The molecule has 4 heterocycles. The van der Waals surface area contributed by atoms with E-state index in [9.17, 15) is 0 Å². The van der Waals surface area contributed by atoms with Crippen LogP contribution in [0.1, 0.15) is 0 Å². The van der Waals surface area contributed by atoms with Crippen molar-refractivity contribution >= 4 is 47.1 Å². The molecule has 0 saturated carbocycles. The Balaban J connectivity index is 0.000000141. The molecule has 4 aromatic rings. The van der Waals surface area contributed by atoms with Crippen molar-refractivity contribution in [3.63, 3.8) is 0 Å². The summed E-state index contributed by atoms with van der Waals surface area (Å²) < 4.78 is 5.02. The van der Waals surface area contributed by atoms with Gasteiger partial charge in [-0.05, 0) is 47.3 Å². The second-order valence-corrected chi connectivity index (χ2v) is 7.18. The van der Waals surface area contributed by atoms with Gasteiger partial charge in [-0.25, -0.2) is 0 Å². The molecule has 4 rings (SSSR count). The first-order valence-electron chi connectivity index (χ1n) is 6.86. The molecule has 0 aliphatic carbocycles. The zero-order valence-corrected chi connectivity index (χ0v) is 16.2. The van der Waals surface area contributed by atoms with Crippen LogP contribution in [0.2, 0.25) is 0 Å². The van der Waals surface area contributed by atoms with E-state index in [1.54, 1.807) is 22.7 Å². The van der Waals surface area contributed by atoms with E-state index in [0.717, 1.165) is 22.8 Å². The predicted octanol–water partition coefficient (Wildman–Crippen LogP) is 4.41. The van der Waals surface area contributed by atoms with Crippen molar-refractivity contribution in [2.24, 2.45) is 14.1 Å². The summed E-state index contributed by atoms with van der Waals surface area (Å²) in [5.41, 5.74) is 2.21. The van der Waals surface area contributed by atoms with Crippen LogP contribution in [0, 0.1) is 9.54 Å². The largest absolute Gasteiger partial charge is 0.303 e. The normalized spacial score (nSPS) is 10.4. The first-order valence-corrected chi connectivity index (χ1v) is 9.56. The summed E-state index contributed by atoms with van der Waals surface area (Å²) in [5.74, 6) is 1.78. The van der Waals surface area contributed by atoms with Crippen LogP contribution < -0.4 is 0 Å². The molecule has 0 aromatic carbocycles. The molecule has 2 N–H and O–H groups in total. The number of aromatic amines is 2. The van der Waals surface area contributed by atoms with E-state index in [2.05, 4.69) is 20.4 Å². The second-order valence-electron chi connectivity index (χ2n) is 4.85. The molecular weight excluding hydrogens is 380 g/mol. The zero-order valence-electron chi connectivity index (χ0n) is 12.9. The van der Waals surface area contributed by atoms with Crippen molar-refractivity contribution in [1.29, 1.82) is 0 Å². The molecule has 0 spiro atoms. The van der Waals surface area contributed by atoms with Crippen LogP contribution in [0.25, 0.3) is 22.8 Å². The molecule has 0 bridgehead atoms. The Labute approximate surface area is 156 Å². The van der Waals surface area contributed by atoms with Crippen molar-refractivity contribution in [1.82, 2.24) is 29.5 Å². The topological polar surface area (TPSA) is 67.2 Å². The zero-order chi connectivity index (χ0) is 17.1. The van der Waals surface area contributed by atoms with Crippen LogP contribution in [0.3, 0.4) is 0 Å². The number of aromatic nitrogens is 6. The van der Waals surface area contributed by atoms with E-state index in [1.165, 1.54) is 0 Å². The maximum absolute atomic E-state index is 5.00. The van der Waals surface area contributed by atoms with Crippen LogP contribution in [0.5, 0.6) is 0 Å². The van der Waals surface area contributed by atoms with Crippen molar-refractivity contribution in [3.8, 4) is 22.8 Å².